The zero-order valence-corrected chi connectivity index (χ0v) is 13.1. The van der Waals surface area contributed by atoms with Crippen LogP contribution in [-0.2, 0) is 17.3 Å². The lowest BCUT2D eigenvalue weighted by molar-refractivity contribution is -0.137. The standard InChI is InChI=1S/C16H24F3NO/c1-5-9-20-14(15(2,3)21-4)11-12-7-6-8-13(10-12)16(17,18)19/h6-8,10,14,20H,5,9,11H2,1-4H3. The van der Waals surface area contributed by atoms with Crippen LogP contribution in [0.15, 0.2) is 24.3 Å². The fourth-order valence-corrected chi connectivity index (χ4v) is 2.13. The molecule has 0 saturated heterocycles. The zero-order valence-electron chi connectivity index (χ0n) is 13.1. The molecule has 21 heavy (non-hydrogen) atoms. The van der Waals surface area contributed by atoms with Crippen molar-refractivity contribution in [2.75, 3.05) is 13.7 Å². The summed E-state index contributed by atoms with van der Waals surface area (Å²) in [6.07, 6.45) is -2.86. The lowest BCUT2D eigenvalue weighted by Gasteiger charge is -2.34. The van der Waals surface area contributed by atoms with Gasteiger partial charge < -0.3 is 10.1 Å². The van der Waals surface area contributed by atoms with E-state index in [-0.39, 0.29) is 6.04 Å². The average molecular weight is 303 g/mol. The molecule has 0 saturated carbocycles. The molecule has 1 atom stereocenters. The summed E-state index contributed by atoms with van der Waals surface area (Å²) in [4.78, 5) is 0. The van der Waals surface area contributed by atoms with Crippen LogP contribution in [0.4, 0.5) is 13.2 Å². The number of methoxy groups -OCH3 is 1. The van der Waals surface area contributed by atoms with Crippen LogP contribution in [-0.4, -0.2) is 25.3 Å². The van der Waals surface area contributed by atoms with E-state index < -0.39 is 17.3 Å². The summed E-state index contributed by atoms with van der Waals surface area (Å²) in [5, 5.41) is 3.36. The summed E-state index contributed by atoms with van der Waals surface area (Å²) in [7, 11) is 1.62. The van der Waals surface area contributed by atoms with Gasteiger partial charge in [0, 0.05) is 13.2 Å². The summed E-state index contributed by atoms with van der Waals surface area (Å²) in [6, 6.07) is 5.44. The molecule has 0 amide bonds. The van der Waals surface area contributed by atoms with Crippen molar-refractivity contribution in [1.82, 2.24) is 5.32 Å². The second-order valence-electron chi connectivity index (χ2n) is 5.72. The molecule has 1 aromatic carbocycles. The topological polar surface area (TPSA) is 21.3 Å². The molecule has 120 valence electrons. The van der Waals surface area contributed by atoms with Crippen LogP contribution < -0.4 is 5.32 Å². The van der Waals surface area contributed by atoms with Gasteiger partial charge in [-0.2, -0.15) is 13.2 Å². The van der Waals surface area contributed by atoms with E-state index in [9.17, 15) is 13.2 Å². The third-order valence-electron chi connectivity index (χ3n) is 3.70. The van der Waals surface area contributed by atoms with Crippen molar-refractivity contribution in [3.05, 3.63) is 35.4 Å². The number of halogens is 3. The predicted octanol–water partition coefficient (Wildman–Crippen LogP) is 4.04. The van der Waals surface area contributed by atoms with Crippen LogP contribution in [0.2, 0.25) is 0 Å². The molecule has 1 N–H and O–H groups in total. The quantitative estimate of drug-likeness (QED) is 0.821. The Kier molecular flexibility index (Phi) is 6.23. The molecule has 0 heterocycles. The van der Waals surface area contributed by atoms with Crippen LogP contribution in [0.5, 0.6) is 0 Å². The van der Waals surface area contributed by atoms with Gasteiger partial charge in [0.15, 0.2) is 0 Å². The first-order chi connectivity index (χ1) is 9.70. The molecule has 0 fully saturated rings. The van der Waals surface area contributed by atoms with Gasteiger partial charge in [-0.25, -0.2) is 0 Å². The molecule has 0 aliphatic heterocycles. The molecule has 0 spiro atoms. The highest BCUT2D eigenvalue weighted by atomic mass is 19.4. The lowest BCUT2D eigenvalue weighted by atomic mass is 9.91. The minimum atomic E-state index is -4.31. The van der Waals surface area contributed by atoms with Crippen LogP contribution >= 0.6 is 0 Å². The van der Waals surface area contributed by atoms with Crippen molar-refractivity contribution in [2.24, 2.45) is 0 Å². The minimum absolute atomic E-state index is 0.0501. The normalized spacial score (nSPS) is 14.2. The van der Waals surface area contributed by atoms with Crippen molar-refractivity contribution >= 4 is 0 Å². The fourth-order valence-electron chi connectivity index (χ4n) is 2.13. The van der Waals surface area contributed by atoms with Crippen LogP contribution in [0.3, 0.4) is 0 Å². The monoisotopic (exact) mass is 303 g/mol. The van der Waals surface area contributed by atoms with Crippen molar-refractivity contribution in [3.63, 3.8) is 0 Å². The Bertz CT molecular complexity index is 443. The summed E-state index contributed by atoms with van der Waals surface area (Å²) in [5.41, 5.74) is -0.406. The SMILES string of the molecule is CCCNC(Cc1cccc(C(F)(F)F)c1)C(C)(C)OC. The molecule has 5 heteroatoms. The first-order valence-electron chi connectivity index (χ1n) is 7.15. The number of alkyl halides is 3. The fraction of sp³-hybridized carbons (Fsp3) is 0.625. The van der Waals surface area contributed by atoms with E-state index in [1.807, 2.05) is 20.8 Å². The maximum atomic E-state index is 12.8. The summed E-state index contributed by atoms with van der Waals surface area (Å²) in [6.45, 7) is 6.73. The van der Waals surface area contributed by atoms with Crippen LogP contribution in [0.1, 0.15) is 38.3 Å². The van der Waals surface area contributed by atoms with E-state index in [1.54, 1.807) is 13.2 Å². The Morgan fingerprint density at radius 2 is 1.90 bits per heavy atom. The van der Waals surface area contributed by atoms with Gasteiger partial charge in [0.25, 0.3) is 0 Å². The van der Waals surface area contributed by atoms with Crippen LogP contribution in [0, 0.1) is 0 Å². The molecule has 0 bridgehead atoms. The molecule has 1 unspecified atom stereocenters. The van der Waals surface area contributed by atoms with Gasteiger partial charge in [-0.15, -0.1) is 0 Å². The number of nitrogens with one attached hydrogen (secondary N) is 1. The third kappa shape index (κ3) is 5.32. The Balaban J connectivity index is 2.93. The molecular formula is C16H24F3NO. The van der Waals surface area contributed by atoms with Crippen molar-refractivity contribution in [1.29, 1.82) is 0 Å². The molecule has 0 aliphatic carbocycles. The van der Waals surface area contributed by atoms with Gasteiger partial charge in [-0.05, 0) is 44.9 Å². The van der Waals surface area contributed by atoms with Gasteiger partial charge in [0.2, 0.25) is 0 Å². The van der Waals surface area contributed by atoms with Gasteiger partial charge in [-0.3, -0.25) is 0 Å². The van der Waals surface area contributed by atoms with E-state index in [1.165, 1.54) is 12.1 Å². The van der Waals surface area contributed by atoms with Gasteiger partial charge in [0.05, 0.1) is 11.2 Å². The number of rotatable bonds is 7. The molecular weight excluding hydrogens is 279 g/mol. The van der Waals surface area contributed by atoms with Gasteiger partial charge in [-0.1, -0.05) is 25.1 Å². The molecule has 1 aromatic rings. The number of benzene rings is 1. The van der Waals surface area contributed by atoms with E-state index >= 15 is 0 Å². The maximum absolute atomic E-state index is 12.8. The largest absolute Gasteiger partial charge is 0.416 e. The maximum Gasteiger partial charge on any atom is 0.416 e. The van der Waals surface area contributed by atoms with Crippen LogP contribution in [0.25, 0.3) is 0 Å². The first-order valence-corrected chi connectivity index (χ1v) is 7.15. The molecule has 0 radical (unpaired) electrons. The number of ether oxygens (including phenoxy) is 1. The average Bonchev–Trinajstić information content (AvgIpc) is 2.42. The second-order valence-corrected chi connectivity index (χ2v) is 5.72. The van der Waals surface area contributed by atoms with Gasteiger partial charge in [0.1, 0.15) is 0 Å². The smallest absolute Gasteiger partial charge is 0.377 e. The van der Waals surface area contributed by atoms with Gasteiger partial charge >= 0.3 is 6.18 Å². The molecule has 0 aliphatic rings. The first kappa shape index (κ1) is 18.0. The summed E-state index contributed by atoms with van der Waals surface area (Å²) >= 11 is 0. The highest BCUT2D eigenvalue weighted by Gasteiger charge is 2.32. The Morgan fingerprint density at radius 1 is 1.24 bits per heavy atom. The third-order valence-corrected chi connectivity index (χ3v) is 3.70. The zero-order chi connectivity index (χ0) is 16.1. The highest BCUT2D eigenvalue weighted by Crippen LogP contribution is 2.30. The Labute approximate surface area is 124 Å². The van der Waals surface area contributed by atoms with E-state index in [0.29, 0.717) is 12.0 Å². The van der Waals surface area contributed by atoms with E-state index in [0.717, 1.165) is 19.0 Å². The Morgan fingerprint density at radius 3 is 2.43 bits per heavy atom. The summed E-state index contributed by atoms with van der Waals surface area (Å²) < 4.78 is 43.8. The predicted molar refractivity (Wildman–Crippen MR) is 78.3 cm³/mol. The number of hydrogen-bond acceptors (Lipinski definition) is 2. The summed E-state index contributed by atoms with van der Waals surface area (Å²) in [5.74, 6) is 0. The second kappa shape index (κ2) is 7.27. The van der Waals surface area contributed by atoms with Crippen molar-refractivity contribution in [2.45, 2.75) is 51.4 Å². The van der Waals surface area contributed by atoms with E-state index in [2.05, 4.69) is 5.32 Å². The Hall–Kier alpha value is -1.07. The highest BCUT2D eigenvalue weighted by molar-refractivity contribution is 5.26. The van der Waals surface area contributed by atoms with E-state index in [4.69, 9.17) is 4.74 Å². The van der Waals surface area contributed by atoms with Crippen molar-refractivity contribution in [3.8, 4) is 0 Å². The minimum Gasteiger partial charge on any atom is -0.377 e. The van der Waals surface area contributed by atoms with Crippen molar-refractivity contribution < 1.29 is 17.9 Å². The molecule has 2 nitrogen and oxygen atoms in total. The number of hydrogen-bond donors (Lipinski definition) is 1. The lowest BCUT2D eigenvalue weighted by Crippen LogP contribution is -2.49. The molecule has 1 rings (SSSR count). The molecule has 0 aromatic heterocycles.